The van der Waals surface area contributed by atoms with Crippen LogP contribution < -0.4 is 5.73 Å². The maximum absolute atomic E-state index is 12.2. The van der Waals surface area contributed by atoms with E-state index in [1.807, 2.05) is 18.2 Å². The van der Waals surface area contributed by atoms with E-state index in [1.54, 1.807) is 12.1 Å². The standard InChI is InChI=1S/C15H15NO3S/c1-20(18,19)13-9-7-12(8-10-13)15(17)14(16)11-5-3-2-4-6-11/h2-10,14H,16H2,1H3/t14-/m1/s1. The van der Waals surface area contributed by atoms with E-state index in [4.69, 9.17) is 5.73 Å². The Morgan fingerprint density at radius 2 is 1.55 bits per heavy atom. The number of carbonyl (C=O) groups excluding carboxylic acids is 1. The van der Waals surface area contributed by atoms with Crippen molar-refractivity contribution < 1.29 is 13.2 Å². The fourth-order valence-electron chi connectivity index (χ4n) is 1.86. The van der Waals surface area contributed by atoms with Gasteiger partial charge in [0.05, 0.1) is 10.9 Å². The van der Waals surface area contributed by atoms with Crippen LogP contribution in [0.3, 0.4) is 0 Å². The van der Waals surface area contributed by atoms with Crippen LogP contribution in [0.2, 0.25) is 0 Å². The Balaban J connectivity index is 2.26. The van der Waals surface area contributed by atoms with Crippen molar-refractivity contribution in [2.24, 2.45) is 5.73 Å². The molecule has 2 aromatic rings. The summed E-state index contributed by atoms with van der Waals surface area (Å²) in [6.07, 6.45) is 1.12. The average Bonchev–Trinajstić information content (AvgIpc) is 2.46. The van der Waals surface area contributed by atoms with Crippen LogP contribution >= 0.6 is 0 Å². The molecule has 0 radical (unpaired) electrons. The minimum atomic E-state index is -3.26. The van der Waals surface area contributed by atoms with Gasteiger partial charge in [-0.25, -0.2) is 8.42 Å². The summed E-state index contributed by atoms with van der Waals surface area (Å²) in [5, 5.41) is 0. The predicted octanol–water partition coefficient (Wildman–Crippen LogP) is 1.97. The third-order valence-electron chi connectivity index (χ3n) is 3.01. The molecule has 0 heterocycles. The Bertz CT molecular complexity index is 707. The van der Waals surface area contributed by atoms with Crippen molar-refractivity contribution in [2.75, 3.05) is 6.26 Å². The van der Waals surface area contributed by atoms with E-state index in [9.17, 15) is 13.2 Å². The van der Waals surface area contributed by atoms with Crippen LogP contribution in [0.15, 0.2) is 59.5 Å². The van der Waals surface area contributed by atoms with Gasteiger partial charge < -0.3 is 5.73 Å². The molecule has 0 spiro atoms. The third-order valence-corrected chi connectivity index (χ3v) is 4.14. The second-order valence-corrected chi connectivity index (χ2v) is 6.56. The highest BCUT2D eigenvalue weighted by Gasteiger charge is 2.18. The van der Waals surface area contributed by atoms with Gasteiger partial charge in [-0.05, 0) is 17.7 Å². The van der Waals surface area contributed by atoms with E-state index in [-0.39, 0.29) is 10.7 Å². The Morgan fingerprint density at radius 3 is 2.05 bits per heavy atom. The van der Waals surface area contributed by atoms with Crippen molar-refractivity contribution in [3.63, 3.8) is 0 Å². The predicted molar refractivity (Wildman–Crippen MR) is 77.3 cm³/mol. The van der Waals surface area contributed by atoms with Gasteiger partial charge in [-0.2, -0.15) is 0 Å². The Kier molecular flexibility index (Phi) is 4.01. The molecule has 2 rings (SSSR count). The molecule has 0 aliphatic heterocycles. The smallest absolute Gasteiger partial charge is 0.184 e. The molecule has 0 saturated heterocycles. The lowest BCUT2D eigenvalue weighted by molar-refractivity contribution is 0.0961. The van der Waals surface area contributed by atoms with E-state index >= 15 is 0 Å². The third kappa shape index (κ3) is 3.12. The van der Waals surface area contributed by atoms with Crippen LogP contribution in [0.1, 0.15) is 22.0 Å². The molecule has 0 aliphatic rings. The number of benzene rings is 2. The first-order valence-corrected chi connectivity index (χ1v) is 7.93. The molecule has 104 valence electrons. The van der Waals surface area contributed by atoms with Gasteiger partial charge in [0.25, 0.3) is 0 Å². The lowest BCUT2D eigenvalue weighted by Crippen LogP contribution is -2.21. The number of ketones is 1. The zero-order valence-corrected chi connectivity index (χ0v) is 11.8. The first kappa shape index (κ1) is 14.4. The summed E-state index contributed by atoms with van der Waals surface area (Å²) < 4.78 is 22.7. The molecule has 0 saturated carbocycles. The van der Waals surface area contributed by atoms with Crippen LogP contribution in [0.25, 0.3) is 0 Å². The molecule has 5 heteroatoms. The number of hydrogen-bond donors (Lipinski definition) is 1. The maximum Gasteiger partial charge on any atom is 0.184 e. The number of carbonyl (C=O) groups is 1. The van der Waals surface area contributed by atoms with Gasteiger partial charge in [0.2, 0.25) is 0 Å². The molecular weight excluding hydrogens is 274 g/mol. The molecule has 4 nitrogen and oxygen atoms in total. The molecule has 0 aromatic heterocycles. The molecular formula is C15H15NO3S. The van der Waals surface area contributed by atoms with Crippen molar-refractivity contribution >= 4 is 15.6 Å². The lowest BCUT2D eigenvalue weighted by Gasteiger charge is -2.11. The minimum absolute atomic E-state index is 0.183. The summed E-state index contributed by atoms with van der Waals surface area (Å²) in [4.78, 5) is 12.4. The molecule has 2 aromatic carbocycles. The molecule has 20 heavy (non-hydrogen) atoms. The summed E-state index contributed by atoms with van der Waals surface area (Å²) in [6.45, 7) is 0. The highest BCUT2D eigenvalue weighted by Crippen LogP contribution is 2.17. The Morgan fingerprint density at radius 1 is 1.00 bits per heavy atom. The second kappa shape index (κ2) is 5.56. The summed E-state index contributed by atoms with van der Waals surface area (Å²) >= 11 is 0. The normalized spacial score (nSPS) is 12.9. The van der Waals surface area contributed by atoms with Crippen LogP contribution in [-0.2, 0) is 9.84 Å². The van der Waals surface area contributed by atoms with Crippen molar-refractivity contribution in [3.05, 3.63) is 65.7 Å². The zero-order chi connectivity index (χ0) is 14.8. The largest absolute Gasteiger partial charge is 0.318 e. The van der Waals surface area contributed by atoms with Crippen LogP contribution in [0, 0.1) is 0 Å². The highest BCUT2D eigenvalue weighted by molar-refractivity contribution is 7.90. The molecule has 0 aliphatic carbocycles. The van der Waals surface area contributed by atoms with Crippen molar-refractivity contribution in [1.82, 2.24) is 0 Å². The van der Waals surface area contributed by atoms with Crippen molar-refractivity contribution in [3.8, 4) is 0 Å². The van der Waals surface area contributed by atoms with Crippen molar-refractivity contribution in [2.45, 2.75) is 10.9 Å². The zero-order valence-electron chi connectivity index (χ0n) is 11.0. The fraction of sp³-hybridized carbons (Fsp3) is 0.133. The number of nitrogens with two attached hydrogens (primary N) is 1. The van der Waals surface area contributed by atoms with Gasteiger partial charge in [0, 0.05) is 11.8 Å². The quantitative estimate of drug-likeness (QED) is 0.873. The van der Waals surface area contributed by atoms with E-state index in [0.29, 0.717) is 5.56 Å². The Hall–Kier alpha value is -1.98. The number of rotatable bonds is 4. The highest BCUT2D eigenvalue weighted by atomic mass is 32.2. The van der Waals surface area contributed by atoms with Crippen LogP contribution in [0.5, 0.6) is 0 Å². The molecule has 0 unspecified atom stereocenters. The van der Waals surface area contributed by atoms with Gasteiger partial charge in [-0.3, -0.25) is 4.79 Å². The van der Waals surface area contributed by atoms with Crippen LogP contribution in [-0.4, -0.2) is 20.5 Å². The first-order chi connectivity index (χ1) is 9.39. The number of hydrogen-bond acceptors (Lipinski definition) is 4. The minimum Gasteiger partial charge on any atom is -0.318 e. The van der Waals surface area contributed by atoms with E-state index in [2.05, 4.69) is 0 Å². The van der Waals surface area contributed by atoms with E-state index < -0.39 is 15.9 Å². The summed E-state index contributed by atoms with van der Waals surface area (Å²) in [7, 11) is -3.26. The summed E-state index contributed by atoms with van der Waals surface area (Å²) in [6, 6.07) is 14.1. The van der Waals surface area contributed by atoms with Gasteiger partial charge in [-0.1, -0.05) is 42.5 Å². The SMILES string of the molecule is CS(=O)(=O)c1ccc(C(=O)[C@H](N)c2ccccc2)cc1. The topological polar surface area (TPSA) is 77.2 Å². The van der Waals surface area contributed by atoms with Gasteiger partial charge in [0.1, 0.15) is 0 Å². The van der Waals surface area contributed by atoms with Gasteiger partial charge in [-0.15, -0.1) is 0 Å². The summed E-state index contributed by atoms with van der Waals surface area (Å²) in [5.74, 6) is -0.240. The number of Topliss-reactive ketones (excluding diaryl/α,β-unsaturated/α-hetero) is 1. The van der Waals surface area contributed by atoms with Gasteiger partial charge in [0.15, 0.2) is 15.6 Å². The molecule has 0 fully saturated rings. The first-order valence-electron chi connectivity index (χ1n) is 6.04. The van der Waals surface area contributed by atoms with Crippen LogP contribution in [0.4, 0.5) is 0 Å². The van der Waals surface area contributed by atoms with E-state index in [0.717, 1.165) is 11.8 Å². The van der Waals surface area contributed by atoms with E-state index in [1.165, 1.54) is 24.3 Å². The van der Waals surface area contributed by atoms with Gasteiger partial charge >= 0.3 is 0 Å². The monoisotopic (exact) mass is 289 g/mol. The lowest BCUT2D eigenvalue weighted by atomic mass is 9.98. The molecule has 2 N–H and O–H groups in total. The molecule has 0 amide bonds. The molecule has 1 atom stereocenters. The summed E-state index contributed by atoms with van der Waals surface area (Å²) in [5.41, 5.74) is 7.05. The Labute approximate surface area is 118 Å². The molecule has 0 bridgehead atoms. The van der Waals surface area contributed by atoms with Crippen molar-refractivity contribution in [1.29, 1.82) is 0 Å². The average molecular weight is 289 g/mol. The number of sulfone groups is 1. The maximum atomic E-state index is 12.2. The fourth-order valence-corrected chi connectivity index (χ4v) is 2.49. The second-order valence-electron chi connectivity index (χ2n) is 4.55.